The molecule has 0 aromatic carbocycles. The van der Waals surface area contributed by atoms with Crippen LogP contribution in [0.3, 0.4) is 0 Å². The number of carbonyl (C=O) groups is 1. The molecule has 9 heteroatoms. The van der Waals surface area contributed by atoms with Crippen molar-refractivity contribution in [2.24, 2.45) is 5.92 Å². The summed E-state index contributed by atoms with van der Waals surface area (Å²) in [6.07, 6.45) is 0.805. The van der Waals surface area contributed by atoms with Crippen molar-refractivity contribution in [2.45, 2.75) is 32.4 Å². The van der Waals surface area contributed by atoms with E-state index in [0.29, 0.717) is 11.0 Å². The molecule has 1 N–H and O–H groups in total. The summed E-state index contributed by atoms with van der Waals surface area (Å²) in [5, 5.41) is 12.2. The van der Waals surface area contributed by atoms with Crippen LogP contribution in [0.5, 0.6) is 0 Å². The summed E-state index contributed by atoms with van der Waals surface area (Å²) in [5.41, 5.74) is 0. The first-order valence-electron chi connectivity index (χ1n) is 6.48. The van der Waals surface area contributed by atoms with Crippen LogP contribution in [0.2, 0.25) is 0 Å². The molecule has 20 heavy (non-hydrogen) atoms. The van der Waals surface area contributed by atoms with E-state index in [1.807, 2.05) is 0 Å². The Hall–Kier alpha value is -1.22. The number of carbonyl (C=O) groups excluding carboxylic acids is 1. The molecule has 2 fully saturated rings. The fraction of sp³-hybridized carbons (Fsp3) is 0.727. The minimum Gasteiger partial charge on any atom is -0.332 e. The molecule has 0 radical (unpaired) electrons. The highest BCUT2D eigenvalue weighted by atomic mass is 32.2. The molecule has 0 unspecified atom stereocenters. The van der Waals surface area contributed by atoms with E-state index in [1.165, 1.54) is 16.2 Å². The number of fused-ring (bicyclic) bond motifs is 1. The Balaban J connectivity index is 1.85. The molecule has 0 aliphatic carbocycles. The van der Waals surface area contributed by atoms with Gasteiger partial charge >= 0.3 is 6.03 Å². The predicted molar refractivity (Wildman–Crippen MR) is 75.7 cm³/mol. The minimum atomic E-state index is -3.08. The van der Waals surface area contributed by atoms with Crippen LogP contribution < -0.4 is 10.2 Å². The predicted octanol–water partition coefficient (Wildman–Crippen LogP) is 0.432. The topological polar surface area (TPSA) is 92.3 Å². The van der Waals surface area contributed by atoms with Crippen LogP contribution in [0.1, 0.15) is 18.9 Å². The highest BCUT2D eigenvalue weighted by Gasteiger charge is 2.50. The van der Waals surface area contributed by atoms with Gasteiger partial charge in [0.1, 0.15) is 5.01 Å². The zero-order chi connectivity index (χ0) is 14.5. The maximum atomic E-state index is 12.0. The summed E-state index contributed by atoms with van der Waals surface area (Å²) in [7, 11) is -3.08. The van der Waals surface area contributed by atoms with Crippen LogP contribution in [-0.4, -0.2) is 48.2 Å². The van der Waals surface area contributed by atoms with Crippen molar-refractivity contribution in [3.05, 3.63) is 5.01 Å². The highest BCUT2D eigenvalue weighted by Crippen LogP contribution is 2.31. The van der Waals surface area contributed by atoms with E-state index in [-0.39, 0.29) is 29.6 Å². The van der Waals surface area contributed by atoms with Crippen LogP contribution in [0, 0.1) is 5.92 Å². The van der Waals surface area contributed by atoms with E-state index in [9.17, 15) is 13.2 Å². The first-order valence-corrected chi connectivity index (χ1v) is 9.12. The van der Waals surface area contributed by atoms with E-state index < -0.39 is 9.84 Å². The number of nitrogens with one attached hydrogen (secondary N) is 1. The van der Waals surface area contributed by atoms with E-state index in [0.717, 1.165) is 11.4 Å². The number of aromatic nitrogens is 2. The van der Waals surface area contributed by atoms with Gasteiger partial charge in [-0.2, -0.15) is 0 Å². The Labute approximate surface area is 121 Å². The Morgan fingerprint density at radius 2 is 2.15 bits per heavy atom. The summed E-state index contributed by atoms with van der Waals surface area (Å²) in [4.78, 5) is 13.4. The lowest BCUT2D eigenvalue weighted by Gasteiger charge is -2.16. The number of rotatable bonds is 3. The average molecular weight is 316 g/mol. The van der Waals surface area contributed by atoms with Gasteiger partial charge in [-0.05, 0) is 5.92 Å². The number of anilines is 1. The average Bonchev–Trinajstić information content (AvgIpc) is 2.90. The third-order valence-corrected chi connectivity index (χ3v) is 6.09. The van der Waals surface area contributed by atoms with Crippen LogP contribution in [0.15, 0.2) is 0 Å². The first-order chi connectivity index (χ1) is 9.35. The van der Waals surface area contributed by atoms with Crippen molar-refractivity contribution in [1.29, 1.82) is 0 Å². The zero-order valence-corrected chi connectivity index (χ0v) is 12.9. The van der Waals surface area contributed by atoms with Gasteiger partial charge in [-0.25, -0.2) is 13.2 Å². The van der Waals surface area contributed by atoms with Gasteiger partial charge in [0.05, 0.1) is 23.6 Å². The fourth-order valence-corrected chi connectivity index (χ4v) is 5.60. The van der Waals surface area contributed by atoms with E-state index >= 15 is 0 Å². The van der Waals surface area contributed by atoms with Gasteiger partial charge in [0, 0.05) is 6.42 Å². The van der Waals surface area contributed by atoms with Gasteiger partial charge < -0.3 is 5.32 Å². The molecule has 2 atom stereocenters. The Bertz CT molecular complexity index is 640. The lowest BCUT2D eigenvalue weighted by atomic mass is 10.1. The zero-order valence-electron chi connectivity index (χ0n) is 11.2. The second-order valence-electron chi connectivity index (χ2n) is 5.65. The maximum Gasteiger partial charge on any atom is 0.324 e. The van der Waals surface area contributed by atoms with Crippen LogP contribution in [0.4, 0.5) is 9.93 Å². The lowest BCUT2D eigenvalue weighted by Crippen LogP contribution is -2.36. The van der Waals surface area contributed by atoms with E-state index in [1.54, 1.807) is 0 Å². The number of sulfone groups is 1. The second kappa shape index (κ2) is 4.66. The number of nitrogens with zero attached hydrogens (tertiary/aromatic N) is 3. The third kappa shape index (κ3) is 2.39. The summed E-state index contributed by atoms with van der Waals surface area (Å²) >= 11 is 1.36. The largest absolute Gasteiger partial charge is 0.332 e. The smallest absolute Gasteiger partial charge is 0.324 e. The Morgan fingerprint density at radius 3 is 2.85 bits per heavy atom. The molecule has 0 spiro atoms. The molecule has 3 rings (SSSR count). The number of hydrogen-bond donors (Lipinski definition) is 1. The van der Waals surface area contributed by atoms with Gasteiger partial charge in [-0.3, -0.25) is 4.90 Å². The maximum absolute atomic E-state index is 12.0. The van der Waals surface area contributed by atoms with E-state index in [2.05, 4.69) is 29.4 Å². The first kappa shape index (κ1) is 13.7. The molecule has 2 amide bonds. The normalized spacial score (nSPS) is 27.9. The molecular formula is C11H16N4O3S2. The van der Waals surface area contributed by atoms with Crippen LogP contribution >= 0.6 is 11.3 Å². The molecule has 0 bridgehead atoms. The van der Waals surface area contributed by atoms with Gasteiger partial charge in [-0.1, -0.05) is 25.2 Å². The molecule has 7 nitrogen and oxygen atoms in total. The second-order valence-corrected chi connectivity index (χ2v) is 8.84. The van der Waals surface area contributed by atoms with Crippen molar-refractivity contribution >= 4 is 32.3 Å². The third-order valence-electron chi connectivity index (χ3n) is 3.43. The quantitative estimate of drug-likeness (QED) is 0.817. The van der Waals surface area contributed by atoms with Crippen molar-refractivity contribution in [3.63, 3.8) is 0 Å². The van der Waals surface area contributed by atoms with Gasteiger partial charge in [0.2, 0.25) is 5.13 Å². The van der Waals surface area contributed by atoms with Gasteiger partial charge in [-0.15, -0.1) is 10.2 Å². The molecule has 3 heterocycles. The summed E-state index contributed by atoms with van der Waals surface area (Å²) in [5.74, 6) is 0.468. The minimum absolute atomic E-state index is 0.00446. The Morgan fingerprint density at radius 1 is 1.40 bits per heavy atom. The summed E-state index contributed by atoms with van der Waals surface area (Å²) in [6, 6.07) is -0.959. The molecule has 0 saturated carbocycles. The standard InChI is InChI=1S/C11H16N4O3S2/c1-6(2)3-9-13-14-11(19-9)15-8-5-20(17,18)4-7(8)12-10(15)16/h6-8H,3-5H2,1-2H3,(H,12,16)/t7-,8+/m1/s1. The van der Waals surface area contributed by atoms with Crippen molar-refractivity contribution in [1.82, 2.24) is 15.5 Å². The van der Waals surface area contributed by atoms with E-state index in [4.69, 9.17) is 0 Å². The molecule has 2 saturated heterocycles. The van der Waals surface area contributed by atoms with Gasteiger partial charge in [0.25, 0.3) is 0 Å². The lowest BCUT2D eigenvalue weighted by molar-refractivity contribution is 0.251. The molecule has 1 aromatic rings. The van der Waals surface area contributed by atoms with Crippen molar-refractivity contribution < 1.29 is 13.2 Å². The summed E-state index contributed by atoms with van der Waals surface area (Å²) in [6.45, 7) is 4.17. The van der Waals surface area contributed by atoms with Crippen molar-refractivity contribution in [2.75, 3.05) is 16.4 Å². The number of amides is 2. The molecule has 2 aliphatic rings. The molecule has 2 aliphatic heterocycles. The number of urea groups is 1. The monoisotopic (exact) mass is 316 g/mol. The number of hydrogen-bond acceptors (Lipinski definition) is 6. The van der Waals surface area contributed by atoms with Crippen molar-refractivity contribution in [3.8, 4) is 0 Å². The SMILES string of the molecule is CC(C)Cc1nnc(N2C(=O)N[C@@H]3CS(=O)(=O)C[C@@H]32)s1. The molecule has 1 aromatic heterocycles. The Kier molecular flexibility index (Phi) is 3.20. The highest BCUT2D eigenvalue weighted by molar-refractivity contribution is 7.91. The van der Waals surface area contributed by atoms with Crippen LogP contribution in [-0.2, 0) is 16.3 Å². The summed E-state index contributed by atoms with van der Waals surface area (Å²) < 4.78 is 23.3. The molecule has 110 valence electrons. The fourth-order valence-electron chi connectivity index (χ4n) is 2.60. The van der Waals surface area contributed by atoms with Gasteiger partial charge in [0.15, 0.2) is 9.84 Å². The molecular weight excluding hydrogens is 300 g/mol. The van der Waals surface area contributed by atoms with Crippen LogP contribution in [0.25, 0.3) is 0 Å².